The summed E-state index contributed by atoms with van der Waals surface area (Å²) in [5.41, 5.74) is 0.519. The number of azo groups is 1. The lowest BCUT2D eigenvalue weighted by molar-refractivity contribution is -0.141. The molecule has 2 aromatic heterocycles. The molecule has 0 fully saturated rings. The first-order valence-corrected chi connectivity index (χ1v) is 7.11. The van der Waals surface area contributed by atoms with Crippen molar-refractivity contribution in [3.63, 3.8) is 0 Å². The third-order valence-corrected chi connectivity index (χ3v) is 3.49. The highest BCUT2D eigenvalue weighted by Gasteiger charge is 2.33. The molecule has 0 saturated carbocycles. The second-order valence-corrected chi connectivity index (χ2v) is 5.31. The average molecular weight is 351 g/mol. The van der Waals surface area contributed by atoms with Gasteiger partial charge in [-0.1, -0.05) is 18.2 Å². The molecule has 0 unspecified atom stereocenters. The number of hydrogen-bond donors (Lipinski definition) is 2. The number of aromatic hydroxyl groups is 1. The third-order valence-electron chi connectivity index (χ3n) is 3.49. The highest BCUT2D eigenvalue weighted by Crippen LogP contribution is 2.36. The summed E-state index contributed by atoms with van der Waals surface area (Å²) in [6.45, 7) is 1.34. The van der Waals surface area contributed by atoms with Gasteiger partial charge in [-0.3, -0.25) is 9.48 Å². The molecule has 0 spiro atoms. The van der Waals surface area contributed by atoms with Crippen molar-refractivity contribution in [3.8, 4) is 5.88 Å². The number of fused-ring (bicyclic) bond motifs is 1. The Morgan fingerprint density at radius 2 is 2.12 bits per heavy atom. The van der Waals surface area contributed by atoms with Crippen LogP contribution in [0.4, 0.5) is 18.9 Å². The molecule has 0 bridgehead atoms. The largest absolute Gasteiger partial charge is 0.493 e. The fraction of sp³-hybridized carbons (Fsp3) is 0.200. The van der Waals surface area contributed by atoms with Crippen LogP contribution in [0.5, 0.6) is 5.88 Å². The topological polar surface area (TPSA) is 95.6 Å². The summed E-state index contributed by atoms with van der Waals surface area (Å²) in [7, 11) is 0. The maximum Gasteiger partial charge on any atom is 0.435 e. The number of para-hydroxylation sites is 1. The van der Waals surface area contributed by atoms with Crippen molar-refractivity contribution < 1.29 is 23.1 Å². The van der Waals surface area contributed by atoms with E-state index in [0.717, 1.165) is 22.5 Å². The first kappa shape index (κ1) is 16.7. The monoisotopic (exact) mass is 351 g/mol. The molecule has 2 heterocycles. The molecule has 0 radical (unpaired) electrons. The molecule has 0 saturated heterocycles. The van der Waals surface area contributed by atoms with E-state index in [1.54, 1.807) is 12.1 Å². The molecule has 0 aliphatic heterocycles. The molecule has 10 heteroatoms. The number of hydrogen-bond acceptors (Lipinski definition) is 4. The standard InChI is InChI=1S/C15H12F3N5O2/c1-8-3-2-4-9-12(8)19-14(25)13(9)21-20-11(24)7-23-6-5-10(22-23)15(16,17)18/h2-6,19,25H,7H2,1H3. The zero-order chi connectivity index (χ0) is 18.2. The van der Waals surface area contributed by atoms with Crippen LogP contribution in [-0.2, 0) is 17.5 Å². The van der Waals surface area contributed by atoms with Gasteiger partial charge in [0.25, 0.3) is 5.91 Å². The summed E-state index contributed by atoms with van der Waals surface area (Å²) in [5, 5.41) is 20.9. The SMILES string of the molecule is Cc1cccc2c(N=NC(=O)Cn3ccc(C(F)(F)F)n3)c(O)[nH]c12. The lowest BCUT2D eigenvalue weighted by Crippen LogP contribution is -2.11. The van der Waals surface area contributed by atoms with E-state index < -0.39 is 24.3 Å². The van der Waals surface area contributed by atoms with Gasteiger partial charge in [-0.15, -0.1) is 10.2 Å². The molecule has 0 atom stereocenters. The number of amides is 1. The number of nitrogens with one attached hydrogen (secondary N) is 1. The molecule has 3 aromatic rings. The van der Waals surface area contributed by atoms with Crippen LogP contribution >= 0.6 is 0 Å². The van der Waals surface area contributed by atoms with E-state index in [9.17, 15) is 23.1 Å². The van der Waals surface area contributed by atoms with E-state index in [2.05, 4.69) is 20.3 Å². The minimum Gasteiger partial charge on any atom is -0.493 e. The van der Waals surface area contributed by atoms with Gasteiger partial charge in [0.05, 0.1) is 5.52 Å². The summed E-state index contributed by atoms with van der Waals surface area (Å²) >= 11 is 0. The third kappa shape index (κ3) is 3.37. The molecular weight excluding hydrogens is 339 g/mol. The van der Waals surface area contributed by atoms with Crippen LogP contribution < -0.4 is 0 Å². The number of H-pyrrole nitrogens is 1. The molecule has 2 N–H and O–H groups in total. The zero-order valence-corrected chi connectivity index (χ0v) is 12.9. The second-order valence-electron chi connectivity index (χ2n) is 5.31. The summed E-state index contributed by atoms with van der Waals surface area (Å²) < 4.78 is 38.2. The van der Waals surface area contributed by atoms with E-state index in [0.29, 0.717) is 10.9 Å². The van der Waals surface area contributed by atoms with Gasteiger partial charge in [0.15, 0.2) is 11.4 Å². The lowest BCUT2D eigenvalue weighted by Gasteiger charge is -2.00. The van der Waals surface area contributed by atoms with Crippen molar-refractivity contribution in [2.75, 3.05) is 0 Å². The Labute approximate surface area is 138 Å². The number of alkyl halides is 3. The van der Waals surface area contributed by atoms with Crippen LogP contribution in [0.2, 0.25) is 0 Å². The van der Waals surface area contributed by atoms with E-state index in [1.165, 1.54) is 0 Å². The van der Waals surface area contributed by atoms with Crippen molar-refractivity contribution in [1.82, 2.24) is 14.8 Å². The number of aryl methyl sites for hydroxylation is 1. The Hall–Kier alpha value is -3.17. The summed E-state index contributed by atoms with van der Waals surface area (Å²) in [6, 6.07) is 6.05. The van der Waals surface area contributed by atoms with Crippen molar-refractivity contribution in [3.05, 3.63) is 41.7 Å². The lowest BCUT2D eigenvalue weighted by atomic mass is 10.1. The molecule has 130 valence electrons. The molecular formula is C15H12F3N5O2. The predicted molar refractivity (Wildman–Crippen MR) is 81.5 cm³/mol. The van der Waals surface area contributed by atoms with Gasteiger partial charge in [0, 0.05) is 11.6 Å². The molecule has 7 nitrogen and oxygen atoms in total. The van der Waals surface area contributed by atoms with Gasteiger partial charge in [-0.25, -0.2) is 0 Å². The number of carbonyl (C=O) groups is 1. The number of carbonyl (C=O) groups excluding carboxylic acids is 1. The number of aromatic nitrogens is 3. The van der Waals surface area contributed by atoms with Crippen LogP contribution in [0, 0.1) is 6.92 Å². The van der Waals surface area contributed by atoms with Crippen molar-refractivity contribution in [1.29, 1.82) is 0 Å². The molecule has 1 aromatic carbocycles. The van der Waals surface area contributed by atoms with Gasteiger partial charge in [0.1, 0.15) is 6.54 Å². The summed E-state index contributed by atoms with van der Waals surface area (Å²) in [6.07, 6.45) is -3.55. The van der Waals surface area contributed by atoms with Gasteiger partial charge >= 0.3 is 6.18 Å². The quantitative estimate of drug-likeness (QED) is 0.704. The van der Waals surface area contributed by atoms with Crippen LogP contribution in [-0.4, -0.2) is 25.8 Å². The van der Waals surface area contributed by atoms with E-state index in [4.69, 9.17) is 0 Å². The van der Waals surface area contributed by atoms with Crippen LogP contribution in [0.3, 0.4) is 0 Å². The highest BCUT2D eigenvalue weighted by atomic mass is 19.4. The maximum absolute atomic E-state index is 12.5. The van der Waals surface area contributed by atoms with Gasteiger partial charge in [-0.2, -0.15) is 18.3 Å². The molecule has 0 aliphatic rings. The number of rotatable bonds is 3. The van der Waals surface area contributed by atoms with E-state index >= 15 is 0 Å². The normalized spacial score (nSPS) is 12.3. The van der Waals surface area contributed by atoms with Gasteiger partial charge in [0.2, 0.25) is 5.88 Å². The van der Waals surface area contributed by atoms with Gasteiger partial charge < -0.3 is 10.1 Å². The van der Waals surface area contributed by atoms with Crippen LogP contribution in [0.25, 0.3) is 10.9 Å². The second kappa shape index (κ2) is 6.04. The van der Waals surface area contributed by atoms with Crippen molar-refractivity contribution >= 4 is 22.5 Å². The average Bonchev–Trinajstić information content (AvgIpc) is 3.10. The molecule has 1 amide bonds. The first-order valence-electron chi connectivity index (χ1n) is 7.11. The highest BCUT2D eigenvalue weighted by molar-refractivity contribution is 5.96. The number of aromatic amines is 1. The Bertz CT molecular complexity index is 971. The van der Waals surface area contributed by atoms with Crippen LogP contribution in [0.15, 0.2) is 40.7 Å². The van der Waals surface area contributed by atoms with E-state index in [1.807, 2.05) is 13.0 Å². The smallest absolute Gasteiger partial charge is 0.435 e. The fourth-order valence-electron chi connectivity index (χ4n) is 2.31. The molecule has 0 aliphatic carbocycles. The number of nitrogens with zero attached hydrogens (tertiary/aromatic N) is 4. The van der Waals surface area contributed by atoms with Crippen molar-refractivity contribution in [2.45, 2.75) is 19.6 Å². The Balaban J connectivity index is 1.78. The fourth-order valence-corrected chi connectivity index (χ4v) is 2.31. The Kier molecular flexibility index (Phi) is 4.03. The van der Waals surface area contributed by atoms with Gasteiger partial charge in [-0.05, 0) is 18.6 Å². The minimum atomic E-state index is -4.58. The molecule has 3 rings (SSSR count). The predicted octanol–water partition coefficient (Wildman–Crippen LogP) is 3.71. The summed E-state index contributed by atoms with van der Waals surface area (Å²) in [5.74, 6) is -1.06. The number of benzene rings is 1. The maximum atomic E-state index is 12.5. The van der Waals surface area contributed by atoms with Crippen molar-refractivity contribution in [2.24, 2.45) is 10.2 Å². The Morgan fingerprint density at radius 1 is 1.36 bits per heavy atom. The first-order chi connectivity index (χ1) is 11.8. The number of halogens is 3. The zero-order valence-electron chi connectivity index (χ0n) is 12.9. The van der Waals surface area contributed by atoms with Crippen LogP contribution in [0.1, 0.15) is 11.3 Å². The molecule has 25 heavy (non-hydrogen) atoms. The summed E-state index contributed by atoms with van der Waals surface area (Å²) in [4.78, 5) is 14.5. The van der Waals surface area contributed by atoms with E-state index in [-0.39, 0.29) is 11.6 Å². The Morgan fingerprint density at radius 3 is 2.80 bits per heavy atom. The minimum absolute atomic E-state index is 0.0866.